The lowest BCUT2D eigenvalue weighted by molar-refractivity contribution is 0.466. The minimum atomic E-state index is -0.210. The van der Waals surface area contributed by atoms with Gasteiger partial charge in [-0.15, -0.1) is 11.3 Å². The normalized spacial score (nSPS) is 13.0. The molecule has 0 aliphatic heterocycles. The van der Waals surface area contributed by atoms with Crippen LogP contribution in [0.2, 0.25) is 5.22 Å². The van der Waals surface area contributed by atoms with E-state index in [-0.39, 0.29) is 6.04 Å². The van der Waals surface area contributed by atoms with Crippen LogP contribution >= 0.6 is 22.9 Å². The number of benzene rings is 1. The smallest absolute Gasteiger partial charge is 0.193 e. The highest BCUT2D eigenvalue weighted by atomic mass is 35.5. The summed E-state index contributed by atoms with van der Waals surface area (Å²) in [5.41, 5.74) is 7.09. The summed E-state index contributed by atoms with van der Waals surface area (Å²) < 4.78 is 6.49. The van der Waals surface area contributed by atoms with E-state index in [4.69, 9.17) is 21.8 Å². The molecule has 2 N–H and O–H groups in total. The first-order valence-electron chi connectivity index (χ1n) is 5.57. The van der Waals surface area contributed by atoms with Crippen molar-refractivity contribution in [3.05, 3.63) is 52.4 Å². The van der Waals surface area contributed by atoms with Crippen molar-refractivity contribution in [3.63, 3.8) is 0 Å². The molecule has 0 aliphatic rings. The lowest BCUT2D eigenvalue weighted by Crippen LogP contribution is -2.12. The number of aromatic nitrogens is 1. The first-order chi connectivity index (χ1) is 8.72. The molecule has 1 aromatic carbocycles. The largest absolute Gasteiger partial charge is 0.448 e. The molecule has 2 heterocycles. The van der Waals surface area contributed by atoms with Crippen molar-refractivity contribution < 1.29 is 4.42 Å². The average molecular weight is 279 g/mol. The molecule has 0 fully saturated rings. The summed E-state index contributed by atoms with van der Waals surface area (Å²) >= 11 is 7.40. The zero-order chi connectivity index (χ0) is 12.5. The molecule has 0 amide bonds. The maximum atomic E-state index is 6.08. The molecule has 0 saturated heterocycles. The van der Waals surface area contributed by atoms with Gasteiger partial charge in [-0.05, 0) is 35.9 Å². The van der Waals surface area contributed by atoms with E-state index in [1.807, 2.05) is 18.2 Å². The molecule has 3 nitrogen and oxygen atoms in total. The summed E-state index contributed by atoms with van der Waals surface area (Å²) in [4.78, 5) is 4.55. The van der Waals surface area contributed by atoms with Crippen molar-refractivity contribution in [1.82, 2.24) is 4.98 Å². The number of nitrogens with two attached hydrogens (primary N) is 1. The molecule has 3 rings (SSSR count). The minimum Gasteiger partial charge on any atom is -0.448 e. The summed E-state index contributed by atoms with van der Waals surface area (Å²) in [6, 6.07) is 11.4. The van der Waals surface area contributed by atoms with Gasteiger partial charge in [-0.3, -0.25) is 0 Å². The van der Waals surface area contributed by atoms with E-state index >= 15 is 0 Å². The van der Waals surface area contributed by atoms with Crippen molar-refractivity contribution >= 4 is 33.2 Å². The van der Waals surface area contributed by atoms with Gasteiger partial charge in [0.2, 0.25) is 0 Å². The van der Waals surface area contributed by atoms with E-state index in [9.17, 15) is 0 Å². The number of fused-ring (bicyclic) bond motifs is 1. The second kappa shape index (κ2) is 4.72. The van der Waals surface area contributed by atoms with Gasteiger partial charge in [0, 0.05) is 6.42 Å². The molecule has 0 aliphatic carbocycles. The van der Waals surface area contributed by atoms with Crippen LogP contribution in [0.5, 0.6) is 0 Å². The fourth-order valence-corrected chi connectivity index (χ4v) is 3.00. The highest BCUT2D eigenvalue weighted by Gasteiger charge is 2.14. The van der Waals surface area contributed by atoms with Gasteiger partial charge in [-0.1, -0.05) is 12.1 Å². The fourth-order valence-electron chi connectivity index (χ4n) is 1.82. The third-order valence-electron chi connectivity index (χ3n) is 2.69. The number of para-hydroxylation sites is 1. The lowest BCUT2D eigenvalue weighted by Gasteiger charge is -2.05. The van der Waals surface area contributed by atoms with Gasteiger partial charge < -0.3 is 10.2 Å². The molecule has 92 valence electrons. The maximum absolute atomic E-state index is 6.08. The Labute approximate surface area is 113 Å². The predicted octanol–water partition coefficient (Wildman–Crippen LogP) is 3.79. The Morgan fingerprint density at radius 1 is 1.28 bits per heavy atom. The Morgan fingerprint density at radius 3 is 2.83 bits per heavy atom. The van der Waals surface area contributed by atoms with Gasteiger partial charge in [-0.25, -0.2) is 4.98 Å². The lowest BCUT2D eigenvalue weighted by atomic mass is 10.2. The summed E-state index contributed by atoms with van der Waals surface area (Å²) in [7, 11) is 0. The number of furan rings is 1. The van der Waals surface area contributed by atoms with Crippen molar-refractivity contribution in [2.24, 2.45) is 5.73 Å². The SMILES string of the molecule is NC(Cc1nc2ccccc2s1)c1ccc(Cl)o1. The van der Waals surface area contributed by atoms with E-state index in [1.165, 1.54) is 4.70 Å². The summed E-state index contributed by atoms with van der Waals surface area (Å²) in [6.07, 6.45) is 0.656. The highest BCUT2D eigenvalue weighted by molar-refractivity contribution is 7.18. The molecular weight excluding hydrogens is 268 g/mol. The van der Waals surface area contributed by atoms with E-state index in [2.05, 4.69) is 11.1 Å². The van der Waals surface area contributed by atoms with E-state index in [0.29, 0.717) is 17.4 Å². The highest BCUT2D eigenvalue weighted by Crippen LogP contribution is 2.26. The molecule has 3 aromatic rings. The molecule has 18 heavy (non-hydrogen) atoms. The van der Waals surface area contributed by atoms with Crippen molar-refractivity contribution in [2.45, 2.75) is 12.5 Å². The van der Waals surface area contributed by atoms with Crippen LogP contribution in [-0.4, -0.2) is 4.98 Å². The van der Waals surface area contributed by atoms with Crippen LogP contribution in [0.4, 0.5) is 0 Å². The zero-order valence-electron chi connectivity index (χ0n) is 9.47. The first-order valence-corrected chi connectivity index (χ1v) is 6.77. The maximum Gasteiger partial charge on any atom is 0.193 e. The number of rotatable bonds is 3. The first kappa shape index (κ1) is 11.7. The number of hydrogen-bond donors (Lipinski definition) is 1. The van der Waals surface area contributed by atoms with Gasteiger partial charge in [0.15, 0.2) is 5.22 Å². The van der Waals surface area contributed by atoms with Crippen LogP contribution in [-0.2, 0) is 6.42 Å². The molecule has 0 saturated carbocycles. The molecule has 2 aromatic heterocycles. The standard InChI is InChI=1S/C13H11ClN2OS/c14-12-6-5-10(17-12)8(15)7-13-16-9-3-1-2-4-11(9)18-13/h1-6,8H,7,15H2. The number of nitrogens with zero attached hydrogens (tertiary/aromatic N) is 1. The van der Waals surface area contributed by atoms with Crippen molar-refractivity contribution in [1.29, 1.82) is 0 Å². The quantitative estimate of drug-likeness (QED) is 0.793. The number of thiazole rings is 1. The van der Waals surface area contributed by atoms with Crippen LogP contribution in [0.15, 0.2) is 40.8 Å². The molecule has 0 bridgehead atoms. The Morgan fingerprint density at radius 2 is 2.11 bits per heavy atom. The Bertz CT molecular complexity index is 643. The van der Waals surface area contributed by atoms with E-state index < -0.39 is 0 Å². The predicted molar refractivity (Wildman–Crippen MR) is 74.0 cm³/mol. The molecule has 5 heteroatoms. The second-order valence-electron chi connectivity index (χ2n) is 4.03. The van der Waals surface area contributed by atoms with Gasteiger partial charge in [-0.2, -0.15) is 0 Å². The number of hydrogen-bond acceptors (Lipinski definition) is 4. The monoisotopic (exact) mass is 278 g/mol. The van der Waals surface area contributed by atoms with E-state index in [1.54, 1.807) is 23.5 Å². The third kappa shape index (κ3) is 2.27. The topological polar surface area (TPSA) is 52.0 Å². The van der Waals surface area contributed by atoms with E-state index in [0.717, 1.165) is 10.5 Å². The molecule has 0 radical (unpaired) electrons. The zero-order valence-corrected chi connectivity index (χ0v) is 11.0. The van der Waals surface area contributed by atoms with Crippen LogP contribution in [0.25, 0.3) is 10.2 Å². The summed E-state index contributed by atoms with van der Waals surface area (Å²) in [5.74, 6) is 0.694. The third-order valence-corrected chi connectivity index (χ3v) is 3.95. The number of halogens is 1. The summed E-state index contributed by atoms with van der Waals surface area (Å²) in [6.45, 7) is 0. The Hall–Kier alpha value is -1.36. The van der Waals surface area contributed by atoms with Crippen LogP contribution in [0.1, 0.15) is 16.8 Å². The van der Waals surface area contributed by atoms with Crippen molar-refractivity contribution in [3.8, 4) is 0 Å². The average Bonchev–Trinajstić information content (AvgIpc) is 2.94. The minimum absolute atomic E-state index is 0.210. The summed E-state index contributed by atoms with van der Waals surface area (Å²) in [5, 5.41) is 1.38. The molecule has 1 unspecified atom stereocenters. The molecule has 1 atom stereocenters. The van der Waals surface area contributed by atoms with Crippen molar-refractivity contribution in [2.75, 3.05) is 0 Å². The van der Waals surface area contributed by atoms with Gasteiger partial charge in [0.25, 0.3) is 0 Å². The van der Waals surface area contributed by atoms with Gasteiger partial charge in [0.05, 0.1) is 21.3 Å². The Kier molecular flexibility index (Phi) is 3.07. The fraction of sp³-hybridized carbons (Fsp3) is 0.154. The Balaban J connectivity index is 1.83. The van der Waals surface area contributed by atoms with Crippen LogP contribution < -0.4 is 5.73 Å². The van der Waals surface area contributed by atoms with Gasteiger partial charge in [0.1, 0.15) is 5.76 Å². The van der Waals surface area contributed by atoms with Crippen LogP contribution in [0, 0.1) is 0 Å². The van der Waals surface area contributed by atoms with Gasteiger partial charge >= 0.3 is 0 Å². The second-order valence-corrected chi connectivity index (χ2v) is 5.52. The van der Waals surface area contributed by atoms with Crippen LogP contribution in [0.3, 0.4) is 0 Å². The molecular formula is C13H11ClN2OS. The molecule has 0 spiro atoms.